The second-order valence-corrected chi connectivity index (χ2v) is 5.96. The maximum absolute atomic E-state index is 13.1. The number of amides is 1. The quantitative estimate of drug-likeness (QED) is 0.876. The Morgan fingerprint density at radius 2 is 1.92 bits per heavy atom. The third-order valence-electron chi connectivity index (χ3n) is 4.35. The second kappa shape index (κ2) is 8.05. The predicted molar refractivity (Wildman–Crippen MR) is 91.6 cm³/mol. The number of hydrogen-bond acceptors (Lipinski definition) is 4. The van der Waals surface area contributed by atoms with E-state index in [9.17, 15) is 18.0 Å². The van der Waals surface area contributed by atoms with Crippen LogP contribution in [0, 0.1) is 0 Å². The first kappa shape index (κ1) is 20.2. The molecule has 0 aliphatic carbocycles. The standard InChI is InChI=1S/C16H18F3N5O.ClH/c1-23(11-6-8-20-9-7-11)15(25)13-10-24(22-21-13)14-5-3-2-4-12(14)16(17,18)19;/h2-5,10-11,20H,6-9H2,1H3;1H. The molecule has 1 amide bonds. The smallest absolute Gasteiger partial charge is 0.337 e. The average molecular weight is 390 g/mol. The lowest BCUT2D eigenvalue weighted by Gasteiger charge is -2.31. The van der Waals surface area contributed by atoms with Gasteiger partial charge in [0.1, 0.15) is 0 Å². The topological polar surface area (TPSA) is 63.1 Å². The Labute approximate surface area is 154 Å². The summed E-state index contributed by atoms with van der Waals surface area (Å²) >= 11 is 0. The van der Waals surface area contributed by atoms with E-state index in [4.69, 9.17) is 0 Å². The molecule has 0 spiro atoms. The summed E-state index contributed by atoms with van der Waals surface area (Å²) in [4.78, 5) is 14.1. The normalized spacial score (nSPS) is 15.4. The molecule has 1 aliphatic rings. The lowest BCUT2D eigenvalue weighted by Crippen LogP contribution is -2.44. The molecule has 0 radical (unpaired) electrons. The van der Waals surface area contributed by atoms with Gasteiger partial charge in [-0.2, -0.15) is 13.2 Å². The van der Waals surface area contributed by atoms with E-state index >= 15 is 0 Å². The molecule has 1 fully saturated rings. The molecule has 0 atom stereocenters. The number of alkyl halides is 3. The van der Waals surface area contributed by atoms with Crippen molar-refractivity contribution in [3.05, 3.63) is 41.7 Å². The summed E-state index contributed by atoms with van der Waals surface area (Å²) < 4.78 is 40.4. The minimum atomic E-state index is -4.52. The largest absolute Gasteiger partial charge is 0.418 e. The van der Waals surface area contributed by atoms with Gasteiger partial charge < -0.3 is 10.2 Å². The van der Waals surface area contributed by atoms with Gasteiger partial charge in [0.2, 0.25) is 0 Å². The van der Waals surface area contributed by atoms with Gasteiger partial charge in [0.05, 0.1) is 17.4 Å². The zero-order valence-corrected chi connectivity index (χ0v) is 14.8. The van der Waals surface area contributed by atoms with Crippen LogP contribution in [0.15, 0.2) is 30.5 Å². The molecule has 10 heteroatoms. The number of carbonyl (C=O) groups excluding carboxylic acids is 1. The summed E-state index contributed by atoms with van der Waals surface area (Å²) in [6, 6.07) is 5.14. The minimum Gasteiger partial charge on any atom is -0.337 e. The highest BCUT2D eigenvalue weighted by molar-refractivity contribution is 5.92. The molecular formula is C16H19ClF3N5O. The predicted octanol–water partition coefficient (Wildman–Crippen LogP) is 2.53. The summed E-state index contributed by atoms with van der Waals surface area (Å²) in [5, 5.41) is 10.7. The zero-order valence-electron chi connectivity index (χ0n) is 14.0. The molecule has 6 nitrogen and oxygen atoms in total. The molecule has 0 saturated carbocycles. The molecule has 0 bridgehead atoms. The fourth-order valence-electron chi connectivity index (χ4n) is 2.93. The zero-order chi connectivity index (χ0) is 18.0. The number of rotatable bonds is 3. The molecule has 2 heterocycles. The molecule has 1 aliphatic heterocycles. The fourth-order valence-corrected chi connectivity index (χ4v) is 2.93. The van der Waals surface area contributed by atoms with Crippen molar-refractivity contribution in [2.24, 2.45) is 0 Å². The van der Waals surface area contributed by atoms with E-state index < -0.39 is 11.7 Å². The van der Waals surface area contributed by atoms with Crippen molar-refractivity contribution in [1.82, 2.24) is 25.2 Å². The third kappa shape index (κ3) is 4.16. The van der Waals surface area contributed by atoms with E-state index in [1.807, 2.05) is 0 Å². The number of para-hydroxylation sites is 1. The van der Waals surface area contributed by atoms with Crippen LogP contribution in [-0.4, -0.2) is 52.0 Å². The fraction of sp³-hybridized carbons (Fsp3) is 0.438. The Morgan fingerprint density at radius 1 is 1.27 bits per heavy atom. The molecule has 1 aromatic heterocycles. The highest BCUT2D eigenvalue weighted by Gasteiger charge is 2.34. The van der Waals surface area contributed by atoms with Crippen molar-refractivity contribution >= 4 is 18.3 Å². The van der Waals surface area contributed by atoms with Crippen molar-refractivity contribution in [2.75, 3.05) is 20.1 Å². The first-order valence-corrected chi connectivity index (χ1v) is 7.95. The van der Waals surface area contributed by atoms with Crippen LogP contribution >= 0.6 is 12.4 Å². The van der Waals surface area contributed by atoms with Crippen LogP contribution in [-0.2, 0) is 6.18 Å². The van der Waals surface area contributed by atoms with Gasteiger partial charge in [-0.1, -0.05) is 17.3 Å². The first-order valence-electron chi connectivity index (χ1n) is 7.95. The van der Waals surface area contributed by atoms with E-state index in [1.54, 1.807) is 11.9 Å². The number of benzene rings is 1. The van der Waals surface area contributed by atoms with Crippen molar-refractivity contribution in [1.29, 1.82) is 0 Å². The van der Waals surface area contributed by atoms with Crippen molar-refractivity contribution < 1.29 is 18.0 Å². The summed E-state index contributed by atoms with van der Waals surface area (Å²) in [6.07, 6.45) is -1.62. The number of carbonyl (C=O) groups is 1. The molecule has 3 rings (SSSR count). The van der Waals surface area contributed by atoms with Gasteiger partial charge in [0, 0.05) is 13.1 Å². The van der Waals surface area contributed by atoms with Crippen LogP contribution in [0.3, 0.4) is 0 Å². The second-order valence-electron chi connectivity index (χ2n) is 5.96. The van der Waals surface area contributed by atoms with E-state index in [2.05, 4.69) is 15.6 Å². The lowest BCUT2D eigenvalue weighted by atomic mass is 10.1. The summed E-state index contributed by atoms with van der Waals surface area (Å²) in [6.45, 7) is 1.65. The molecular weight excluding hydrogens is 371 g/mol. The Balaban J connectivity index is 0.00000243. The molecule has 0 unspecified atom stereocenters. The van der Waals surface area contributed by atoms with Gasteiger partial charge in [-0.05, 0) is 38.1 Å². The van der Waals surface area contributed by atoms with E-state index in [0.29, 0.717) is 0 Å². The van der Waals surface area contributed by atoms with Crippen LogP contribution in [0.25, 0.3) is 5.69 Å². The van der Waals surface area contributed by atoms with E-state index in [1.165, 1.54) is 24.4 Å². The lowest BCUT2D eigenvalue weighted by molar-refractivity contribution is -0.137. The summed E-state index contributed by atoms with van der Waals surface area (Å²) in [5.74, 6) is -0.345. The van der Waals surface area contributed by atoms with Crippen LogP contribution < -0.4 is 5.32 Å². The number of piperidine rings is 1. The maximum atomic E-state index is 13.1. The SMILES string of the molecule is CN(C(=O)c1cn(-c2ccccc2C(F)(F)F)nn1)C1CCNCC1.Cl. The Kier molecular flexibility index (Phi) is 6.25. The first-order chi connectivity index (χ1) is 11.9. The van der Waals surface area contributed by atoms with Gasteiger partial charge in [-0.3, -0.25) is 4.79 Å². The highest BCUT2D eigenvalue weighted by Crippen LogP contribution is 2.33. The Bertz CT molecular complexity index is 758. The van der Waals surface area contributed by atoms with E-state index in [-0.39, 0.29) is 35.7 Å². The molecule has 1 N–H and O–H groups in total. The summed E-state index contributed by atoms with van der Waals surface area (Å²) in [7, 11) is 1.68. The Hall–Kier alpha value is -2.13. The summed E-state index contributed by atoms with van der Waals surface area (Å²) in [5.41, 5.74) is -0.963. The number of aromatic nitrogens is 3. The number of hydrogen-bond donors (Lipinski definition) is 1. The van der Waals surface area contributed by atoms with Crippen LogP contribution in [0.5, 0.6) is 0 Å². The molecule has 1 aromatic carbocycles. The van der Waals surface area contributed by atoms with Gasteiger partial charge in [-0.15, -0.1) is 17.5 Å². The molecule has 1 saturated heterocycles. The molecule has 2 aromatic rings. The number of halogens is 4. The van der Waals surface area contributed by atoms with Crippen LogP contribution in [0.4, 0.5) is 13.2 Å². The van der Waals surface area contributed by atoms with E-state index in [0.717, 1.165) is 36.7 Å². The van der Waals surface area contributed by atoms with Crippen LogP contribution in [0.1, 0.15) is 28.9 Å². The van der Waals surface area contributed by atoms with Crippen LogP contribution in [0.2, 0.25) is 0 Å². The molecule has 26 heavy (non-hydrogen) atoms. The Morgan fingerprint density at radius 3 is 2.58 bits per heavy atom. The third-order valence-corrected chi connectivity index (χ3v) is 4.35. The maximum Gasteiger partial charge on any atom is 0.418 e. The van der Waals surface area contributed by atoms with Gasteiger partial charge in [-0.25, -0.2) is 4.68 Å². The van der Waals surface area contributed by atoms with Gasteiger partial charge in [0.15, 0.2) is 5.69 Å². The van der Waals surface area contributed by atoms with Crippen molar-refractivity contribution in [3.63, 3.8) is 0 Å². The van der Waals surface area contributed by atoms with Gasteiger partial charge in [0.25, 0.3) is 5.91 Å². The van der Waals surface area contributed by atoms with Crippen molar-refractivity contribution in [2.45, 2.75) is 25.1 Å². The van der Waals surface area contributed by atoms with Crippen molar-refractivity contribution in [3.8, 4) is 5.69 Å². The molecule has 142 valence electrons. The van der Waals surface area contributed by atoms with Gasteiger partial charge >= 0.3 is 6.18 Å². The highest BCUT2D eigenvalue weighted by atomic mass is 35.5. The minimum absolute atomic E-state index is 0. The monoisotopic (exact) mass is 389 g/mol. The average Bonchev–Trinajstić information content (AvgIpc) is 3.10. The number of nitrogens with one attached hydrogen (secondary N) is 1. The number of nitrogens with zero attached hydrogens (tertiary/aromatic N) is 4.